The number of halogens is 4. The number of alkyl halides is 4. The van der Waals surface area contributed by atoms with Crippen LogP contribution in [0.5, 0.6) is 0 Å². The molecular formula is C8H12F4O4S. The molecule has 0 bridgehead atoms. The van der Waals surface area contributed by atoms with Gasteiger partial charge in [0, 0.05) is 12.8 Å². The summed E-state index contributed by atoms with van der Waals surface area (Å²) in [4.78, 5) is 10.6. The van der Waals surface area contributed by atoms with Crippen molar-refractivity contribution in [3.63, 3.8) is 0 Å². The minimum Gasteiger partial charge on any atom is -0.466 e. The zero-order valence-corrected chi connectivity index (χ0v) is 9.74. The molecule has 0 aliphatic heterocycles. The molecule has 4 nitrogen and oxygen atoms in total. The number of esters is 1. The molecule has 1 unspecified atom stereocenters. The highest BCUT2D eigenvalue weighted by molar-refractivity contribution is 7.80. The van der Waals surface area contributed by atoms with Crippen molar-refractivity contribution in [3.05, 3.63) is 0 Å². The lowest BCUT2D eigenvalue weighted by molar-refractivity contribution is -0.165. The lowest BCUT2D eigenvalue weighted by atomic mass is 10.2. The van der Waals surface area contributed by atoms with Crippen LogP contribution in [0.1, 0.15) is 26.2 Å². The van der Waals surface area contributed by atoms with Gasteiger partial charge in [-0.2, -0.15) is 17.6 Å². The van der Waals surface area contributed by atoms with Gasteiger partial charge in [-0.3, -0.25) is 4.79 Å². The Morgan fingerprint density at radius 2 is 1.88 bits per heavy atom. The van der Waals surface area contributed by atoms with Crippen LogP contribution < -0.4 is 0 Å². The molecule has 0 aromatic carbocycles. The molecule has 0 amide bonds. The molecule has 17 heavy (non-hydrogen) atoms. The first-order chi connectivity index (χ1) is 7.65. The molecule has 1 N–H and O–H groups in total. The average Bonchev–Trinajstić information content (AvgIpc) is 2.23. The smallest absolute Gasteiger partial charge is 0.406 e. The number of rotatable bonds is 7. The zero-order valence-electron chi connectivity index (χ0n) is 8.92. The second kappa shape index (κ2) is 6.29. The van der Waals surface area contributed by atoms with Crippen LogP contribution in [0.2, 0.25) is 0 Å². The maximum absolute atomic E-state index is 12.8. The van der Waals surface area contributed by atoms with Crippen LogP contribution in [0.15, 0.2) is 0 Å². The molecule has 102 valence electrons. The lowest BCUT2D eigenvalue weighted by Gasteiger charge is -2.23. The van der Waals surface area contributed by atoms with Crippen molar-refractivity contribution in [1.29, 1.82) is 0 Å². The summed E-state index contributed by atoms with van der Waals surface area (Å²) in [5.74, 6) is -5.25. The normalized spacial score (nSPS) is 14.5. The maximum atomic E-state index is 12.8. The first-order valence-electron chi connectivity index (χ1n) is 4.67. The summed E-state index contributed by atoms with van der Waals surface area (Å²) in [7, 11) is 0. The van der Waals surface area contributed by atoms with Gasteiger partial charge in [-0.15, -0.1) is 0 Å². The Bertz CT molecular complexity index is 295. The van der Waals surface area contributed by atoms with Gasteiger partial charge in [0.05, 0.1) is 6.61 Å². The summed E-state index contributed by atoms with van der Waals surface area (Å²) in [6.45, 7) is 1.05. The van der Waals surface area contributed by atoms with E-state index in [2.05, 4.69) is 4.74 Å². The first-order valence-corrected chi connectivity index (χ1v) is 5.78. The quantitative estimate of drug-likeness (QED) is 0.336. The highest BCUT2D eigenvalue weighted by Crippen LogP contribution is 2.39. The van der Waals surface area contributed by atoms with Crippen LogP contribution in [0.25, 0.3) is 0 Å². The molecule has 0 spiro atoms. The molecule has 0 heterocycles. The summed E-state index contributed by atoms with van der Waals surface area (Å²) < 4.78 is 73.3. The van der Waals surface area contributed by atoms with Gasteiger partial charge < -0.3 is 9.29 Å². The second-order valence-electron chi connectivity index (χ2n) is 3.15. The van der Waals surface area contributed by atoms with Crippen molar-refractivity contribution < 1.29 is 35.9 Å². The fourth-order valence-corrected chi connectivity index (χ4v) is 1.21. The molecule has 0 aliphatic carbocycles. The van der Waals surface area contributed by atoms with E-state index in [9.17, 15) is 26.6 Å². The van der Waals surface area contributed by atoms with Crippen LogP contribution >= 0.6 is 0 Å². The molecule has 0 rings (SSSR count). The van der Waals surface area contributed by atoms with Gasteiger partial charge in [0.25, 0.3) is 0 Å². The molecule has 0 aromatic rings. The second-order valence-corrected chi connectivity index (χ2v) is 4.16. The molecule has 0 aromatic heterocycles. The first kappa shape index (κ1) is 16.3. The summed E-state index contributed by atoms with van der Waals surface area (Å²) in [6, 6.07) is 0. The van der Waals surface area contributed by atoms with Crippen LogP contribution in [0, 0.1) is 0 Å². The van der Waals surface area contributed by atoms with E-state index in [1.54, 1.807) is 0 Å². The number of ether oxygens (including phenoxy) is 1. The van der Waals surface area contributed by atoms with Crippen LogP contribution in [-0.2, 0) is 20.6 Å². The topological polar surface area (TPSA) is 63.6 Å². The van der Waals surface area contributed by atoms with Crippen LogP contribution in [0.3, 0.4) is 0 Å². The van der Waals surface area contributed by atoms with Gasteiger partial charge in [0.2, 0.25) is 11.1 Å². The monoisotopic (exact) mass is 280 g/mol. The lowest BCUT2D eigenvalue weighted by Crippen LogP contribution is -2.44. The van der Waals surface area contributed by atoms with Crippen molar-refractivity contribution in [2.45, 2.75) is 37.4 Å². The summed E-state index contributed by atoms with van der Waals surface area (Å²) in [5, 5.41) is -5.01. The largest absolute Gasteiger partial charge is 0.466 e. The fraction of sp³-hybridized carbons (Fsp3) is 0.875. The summed E-state index contributed by atoms with van der Waals surface area (Å²) >= 11 is -3.95. The van der Waals surface area contributed by atoms with Gasteiger partial charge in [-0.25, -0.2) is 4.21 Å². The Morgan fingerprint density at radius 3 is 2.29 bits per heavy atom. The zero-order chi connectivity index (χ0) is 13.7. The van der Waals surface area contributed by atoms with Crippen LogP contribution in [0.4, 0.5) is 17.6 Å². The van der Waals surface area contributed by atoms with E-state index < -0.39 is 47.7 Å². The third kappa shape index (κ3) is 4.58. The van der Waals surface area contributed by atoms with Crippen molar-refractivity contribution >= 4 is 17.0 Å². The predicted molar refractivity (Wildman–Crippen MR) is 51.1 cm³/mol. The van der Waals surface area contributed by atoms with Gasteiger partial charge >= 0.3 is 17.1 Å². The molecule has 0 aliphatic rings. The fourth-order valence-electron chi connectivity index (χ4n) is 0.856. The minimum atomic E-state index is -5.01. The third-order valence-corrected chi connectivity index (χ3v) is 2.57. The molecule has 0 radical (unpaired) electrons. The van der Waals surface area contributed by atoms with E-state index in [-0.39, 0.29) is 6.42 Å². The van der Waals surface area contributed by atoms with E-state index in [1.165, 1.54) is 6.92 Å². The highest BCUT2D eigenvalue weighted by Gasteiger charge is 2.60. The van der Waals surface area contributed by atoms with E-state index >= 15 is 0 Å². The summed E-state index contributed by atoms with van der Waals surface area (Å²) in [5.41, 5.74) is 0. The van der Waals surface area contributed by atoms with E-state index in [4.69, 9.17) is 4.55 Å². The van der Waals surface area contributed by atoms with Gasteiger partial charge in [-0.1, -0.05) is 6.92 Å². The average molecular weight is 280 g/mol. The predicted octanol–water partition coefficient (Wildman–Crippen LogP) is 2.17. The molecule has 1 atom stereocenters. The standard InChI is InChI=1S/C8H12F4O4S/c1-2-6(13)16-5-3-4-7(9,10)8(11,12)17(14)15/h2-5H2,1H3,(H,14,15). The minimum absolute atomic E-state index is 0.0488. The Labute approximate surface area is 97.6 Å². The number of carbonyl (C=O) groups excluding carboxylic acids is 1. The Hall–Kier alpha value is -0.700. The molecule has 0 saturated heterocycles. The third-order valence-electron chi connectivity index (χ3n) is 1.83. The highest BCUT2D eigenvalue weighted by atomic mass is 32.2. The number of hydrogen-bond donors (Lipinski definition) is 1. The Morgan fingerprint density at radius 1 is 1.35 bits per heavy atom. The molecule has 9 heteroatoms. The van der Waals surface area contributed by atoms with Gasteiger partial charge in [-0.05, 0) is 6.42 Å². The van der Waals surface area contributed by atoms with Crippen molar-refractivity contribution in [1.82, 2.24) is 0 Å². The van der Waals surface area contributed by atoms with Crippen molar-refractivity contribution in [2.75, 3.05) is 6.61 Å². The van der Waals surface area contributed by atoms with E-state index in [0.29, 0.717) is 0 Å². The Balaban J connectivity index is 4.19. The summed E-state index contributed by atoms with van der Waals surface area (Å²) in [6.07, 6.45) is -1.82. The van der Waals surface area contributed by atoms with Crippen molar-refractivity contribution in [3.8, 4) is 0 Å². The van der Waals surface area contributed by atoms with E-state index in [1.807, 2.05) is 0 Å². The Kier molecular flexibility index (Phi) is 6.03. The molecular weight excluding hydrogens is 268 g/mol. The molecule has 0 fully saturated rings. The van der Waals surface area contributed by atoms with E-state index in [0.717, 1.165) is 0 Å². The van der Waals surface area contributed by atoms with Crippen molar-refractivity contribution in [2.24, 2.45) is 0 Å². The van der Waals surface area contributed by atoms with Crippen LogP contribution in [-0.4, -0.2) is 32.5 Å². The van der Waals surface area contributed by atoms with Gasteiger partial charge in [0.1, 0.15) is 0 Å². The van der Waals surface area contributed by atoms with Gasteiger partial charge in [0.15, 0.2) is 0 Å². The maximum Gasteiger partial charge on any atom is 0.406 e. The number of carbonyl (C=O) groups is 1. The number of hydrogen-bond acceptors (Lipinski definition) is 3. The molecule has 0 saturated carbocycles. The SMILES string of the molecule is CCC(=O)OCCCC(F)(F)C(F)(F)S(=O)O.